The van der Waals surface area contributed by atoms with Crippen LogP contribution in [-0.2, 0) is 11.3 Å². The number of anilines is 3. The lowest BCUT2D eigenvalue weighted by molar-refractivity contribution is -0.385. The van der Waals surface area contributed by atoms with Crippen LogP contribution in [0.1, 0.15) is 5.56 Å². The number of amides is 1. The maximum Gasteiger partial charge on any atom is 0.288 e. The summed E-state index contributed by atoms with van der Waals surface area (Å²) in [4.78, 5) is 34.6. The number of aromatic nitrogens is 1. The van der Waals surface area contributed by atoms with E-state index in [1.807, 2.05) is 42.5 Å². The molecule has 8 nitrogen and oxygen atoms in total. The molecule has 0 aliphatic carbocycles. The van der Waals surface area contributed by atoms with E-state index in [0.717, 1.165) is 28.2 Å². The molecule has 1 amide bonds. The fourth-order valence-electron chi connectivity index (χ4n) is 2.65. The molecule has 0 radical (unpaired) electrons. The third-order valence-electron chi connectivity index (χ3n) is 4.05. The van der Waals surface area contributed by atoms with E-state index in [9.17, 15) is 19.7 Å². The summed E-state index contributed by atoms with van der Waals surface area (Å²) in [7, 11) is 0. The van der Waals surface area contributed by atoms with Crippen LogP contribution >= 0.6 is 0 Å². The van der Waals surface area contributed by atoms with E-state index in [0.29, 0.717) is 5.69 Å². The Morgan fingerprint density at radius 3 is 2.29 bits per heavy atom. The van der Waals surface area contributed by atoms with Crippen molar-refractivity contribution >= 4 is 28.7 Å². The zero-order valence-corrected chi connectivity index (χ0v) is 15.1. The fraction of sp³-hybridized carbons (Fsp3) is 0.100. The van der Waals surface area contributed by atoms with Gasteiger partial charge in [-0.05, 0) is 43.3 Å². The van der Waals surface area contributed by atoms with Gasteiger partial charge in [-0.3, -0.25) is 24.3 Å². The summed E-state index contributed by atoms with van der Waals surface area (Å²) in [6.45, 7) is 1.17. The van der Waals surface area contributed by atoms with Gasteiger partial charge in [-0.25, -0.2) is 0 Å². The molecule has 142 valence electrons. The molecule has 3 rings (SSSR count). The third kappa shape index (κ3) is 4.61. The molecule has 1 heterocycles. The molecule has 0 fully saturated rings. The largest absolute Gasteiger partial charge is 0.356 e. The van der Waals surface area contributed by atoms with Gasteiger partial charge in [-0.1, -0.05) is 18.2 Å². The van der Waals surface area contributed by atoms with Gasteiger partial charge in [0.25, 0.3) is 11.2 Å². The van der Waals surface area contributed by atoms with Gasteiger partial charge >= 0.3 is 0 Å². The van der Waals surface area contributed by atoms with Crippen LogP contribution in [0.3, 0.4) is 0 Å². The SMILES string of the molecule is Cc1cc(=O)n(CC(=O)Nc2ccc(Nc3ccccc3)cc2)cc1[N+](=O)[O-]. The summed E-state index contributed by atoms with van der Waals surface area (Å²) in [6, 6.07) is 17.9. The lowest BCUT2D eigenvalue weighted by atomic mass is 10.2. The molecule has 0 aliphatic heterocycles. The molecule has 0 saturated carbocycles. The highest BCUT2D eigenvalue weighted by Crippen LogP contribution is 2.19. The van der Waals surface area contributed by atoms with Crippen molar-refractivity contribution < 1.29 is 9.72 Å². The first-order valence-electron chi connectivity index (χ1n) is 8.50. The molecular weight excluding hydrogens is 360 g/mol. The molecular formula is C20H18N4O4. The van der Waals surface area contributed by atoms with E-state index in [4.69, 9.17) is 0 Å². The summed E-state index contributed by atoms with van der Waals surface area (Å²) in [5.41, 5.74) is 1.94. The number of carbonyl (C=O) groups excluding carboxylic acids is 1. The highest BCUT2D eigenvalue weighted by atomic mass is 16.6. The monoisotopic (exact) mass is 378 g/mol. The molecule has 2 N–H and O–H groups in total. The van der Waals surface area contributed by atoms with Crippen LogP contribution in [0.2, 0.25) is 0 Å². The number of benzene rings is 2. The third-order valence-corrected chi connectivity index (χ3v) is 4.05. The summed E-state index contributed by atoms with van der Waals surface area (Å²) in [6.07, 6.45) is 1.09. The van der Waals surface area contributed by atoms with Crippen molar-refractivity contribution in [2.45, 2.75) is 13.5 Å². The van der Waals surface area contributed by atoms with Gasteiger partial charge in [0, 0.05) is 28.7 Å². The van der Waals surface area contributed by atoms with E-state index in [-0.39, 0.29) is 17.8 Å². The van der Waals surface area contributed by atoms with Gasteiger partial charge in [0.1, 0.15) is 6.54 Å². The Bertz CT molecular complexity index is 1060. The molecule has 28 heavy (non-hydrogen) atoms. The van der Waals surface area contributed by atoms with Crippen LogP contribution in [-0.4, -0.2) is 15.4 Å². The molecule has 2 aromatic carbocycles. The molecule has 0 spiro atoms. The Labute approximate surface area is 160 Å². The standard InChI is InChI=1S/C20H18N4O4/c1-14-11-20(26)23(12-18(14)24(27)28)13-19(25)22-17-9-7-16(8-10-17)21-15-5-3-2-4-6-15/h2-12,21H,13H2,1H3,(H,22,25). The molecule has 0 saturated heterocycles. The van der Waals surface area contributed by atoms with Crippen molar-refractivity contribution in [1.82, 2.24) is 4.57 Å². The van der Waals surface area contributed by atoms with Crippen molar-refractivity contribution in [2.75, 3.05) is 10.6 Å². The number of nitrogens with zero attached hydrogens (tertiary/aromatic N) is 2. The van der Waals surface area contributed by atoms with Gasteiger partial charge in [0.15, 0.2) is 0 Å². The van der Waals surface area contributed by atoms with Gasteiger partial charge < -0.3 is 10.6 Å². The number of nitro groups is 1. The summed E-state index contributed by atoms with van der Waals surface area (Å²) in [5.74, 6) is -0.455. The van der Waals surface area contributed by atoms with Crippen molar-refractivity contribution in [1.29, 1.82) is 0 Å². The summed E-state index contributed by atoms with van der Waals surface area (Å²) < 4.78 is 1.02. The number of para-hydroxylation sites is 1. The second-order valence-electron chi connectivity index (χ2n) is 6.18. The van der Waals surface area contributed by atoms with Crippen molar-refractivity contribution in [3.05, 3.63) is 92.9 Å². The highest BCUT2D eigenvalue weighted by Gasteiger charge is 2.15. The number of nitrogens with one attached hydrogen (secondary N) is 2. The minimum absolute atomic E-state index is 0.205. The Hall–Kier alpha value is -3.94. The fourth-order valence-corrected chi connectivity index (χ4v) is 2.65. The molecule has 1 aromatic heterocycles. The average molecular weight is 378 g/mol. The lowest BCUT2D eigenvalue weighted by Crippen LogP contribution is -2.27. The van der Waals surface area contributed by atoms with E-state index < -0.39 is 16.4 Å². The Balaban J connectivity index is 1.66. The minimum Gasteiger partial charge on any atom is -0.356 e. The molecule has 8 heteroatoms. The van der Waals surface area contributed by atoms with Crippen molar-refractivity contribution in [3.63, 3.8) is 0 Å². The minimum atomic E-state index is -0.582. The summed E-state index contributed by atoms with van der Waals surface area (Å²) in [5, 5.41) is 16.9. The topological polar surface area (TPSA) is 106 Å². The van der Waals surface area contributed by atoms with Gasteiger partial charge in [0.05, 0.1) is 11.1 Å². The highest BCUT2D eigenvalue weighted by molar-refractivity contribution is 5.90. The molecule has 0 unspecified atom stereocenters. The van der Waals surface area contributed by atoms with E-state index >= 15 is 0 Å². The zero-order valence-electron chi connectivity index (χ0n) is 15.1. The maximum absolute atomic E-state index is 12.2. The quantitative estimate of drug-likeness (QED) is 0.505. The normalized spacial score (nSPS) is 10.3. The van der Waals surface area contributed by atoms with E-state index in [1.165, 1.54) is 6.92 Å². The number of rotatable bonds is 6. The Kier molecular flexibility index (Phi) is 5.50. The molecule has 0 aliphatic rings. The van der Waals surface area contributed by atoms with Gasteiger partial charge in [0.2, 0.25) is 5.91 Å². The molecule has 3 aromatic rings. The average Bonchev–Trinajstić information content (AvgIpc) is 2.66. The van der Waals surface area contributed by atoms with Gasteiger partial charge in [-0.2, -0.15) is 0 Å². The van der Waals surface area contributed by atoms with E-state index in [1.54, 1.807) is 12.1 Å². The molecule has 0 atom stereocenters. The number of carbonyl (C=O) groups is 1. The van der Waals surface area contributed by atoms with Crippen LogP contribution in [0.25, 0.3) is 0 Å². The number of hydrogen-bond donors (Lipinski definition) is 2. The lowest BCUT2D eigenvalue weighted by Gasteiger charge is -2.10. The maximum atomic E-state index is 12.2. The molecule has 0 bridgehead atoms. The van der Waals surface area contributed by atoms with Crippen LogP contribution in [0.4, 0.5) is 22.7 Å². The number of pyridine rings is 1. The van der Waals surface area contributed by atoms with Crippen molar-refractivity contribution in [3.8, 4) is 0 Å². The van der Waals surface area contributed by atoms with E-state index in [2.05, 4.69) is 10.6 Å². The predicted octanol–water partition coefficient (Wildman–Crippen LogP) is 3.45. The number of hydrogen-bond acceptors (Lipinski definition) is 5. The van der Waals surface area contributed by atoms with Crippen LogP contribution in [0.5, 0.6) is 0 Å². The predicted molar refractivity (Wildman–Crippen MR) is 107 cm³/mol. The van der Waals surface area contributed by atoms with Crippen LogP contribution < -0.4 is 16.2 Å². The van der Waals surface area contributed by atoms with Crippen LogP contribution in [0, 0.1) is 17.0 Å². The Morgan fingerprint density at radius 1 is 1.04 bits per heavy atom. The first kappa shape index (κ1) is 18.8. The van der Waals surface area contributed by atoms with Gasteiger partial charge in [-0.15, -0.1) is 0 Å². The van der Waals surface area contributed by atoms with Crippen LogP contribution in [0.15, 0.2) is 71.7 Å². The first-order chi connectivity index (χ1) is 13.4. The van der Waals surface area contributed by atoms with Crippen molar-refractivity contribution in [2.24, 2.45) is 0 Å². The smallest absolute Gasteiger partial charge is 0.288 e. The second-order valence-corrected chi connectivity index (χ2v) is 6.18. The number of aryl methyl sites for hydroxylation is 1. The zero-order chi connectivity index (χ0) is 20.1. The first-order valence-corrected chi connectivity index (χ1v) is 8.50. The Morgan fingerprint density at radius 2 is 1.64 bits per heavy atom. The summed E-state index contributed by atoms with van der Waals surface area (Å²) >= 11 is 0. The second kappa shape index (κ2) is 8.17.